The van der Waals surface area contributed by atoms with Crippen molar-refractivity contribution in [2.24, 2.45) is 0 Å². The van der Waals surface area contributed by atoms with Crippen molar-refractivity contribution in [2.75, 3.05) is 19.2 Å². The topological polar surface area (TPSA) is 69.7 Å². The molecule has 1 N–H and O–H groups in total. The maximum absolute atomic E-state index is 12.5. The average molecular weight is 433 g/mol. The number of rotatable bonds is 7. The molecular formula is C21H21ClN2O4S. The van der Waals surface area contributed by atoms with Gasteiger partial charge in [0.25, 0.3) is 0 Å². The lowest BCUT2D eigenvalue weighted by atomic mass is 10.1. The molecule has 0 bridgehead atoms. The highest BCUT2D eigenvalue weighted by Gasteiger charge is 2.19. The molecule has 0 unspecified atom stereocenters. The van der Waals surface area contributed by atoms with Gasteiger partial charge in [-0.05, 0) is 61.3 Å². The molecule has 152 valence electrons. The molecule has 3 aromatic rings. The Bertz CT molecular complexity index is 975. The van der Waals surface area contributed by atoms with E-state index in [9.17, 15) is 4.79 Å². The maximum Gasteiger partial charge on any atom is 0.412 e. The Morgan fingerprint density at radius 3 is 2.62 bits per heavy atom. The quantitative estimate of drug-likeness (QED) is 0.459. The highest BCUT2D eigenvalue weighted by molar-refractivity contribution is 7.10. The Morgan fingerprint density at radius 2 is 1.93 bits per heavy atom. The third-order valence-electron chi connectivity index (χ3n) is 4.18. The molecule has 6 nitrogen and oxygen atoms in total. The van der Waals surface area contributed by atoms with Crippen LogP contribution < -0.4 is 10.1 Å². The van der Waals surface area contributed by atoms with Crippen LogP contribution in [0.3, 0.4) is 0 Å². The first-order valence-corrected chi connectivity index (χ1v) is 10.0. The number of carbonyl (C=O) groups excluding carboxylic acids is 1. The fraction of sp³-hybridized carbons (Fsp3) is 0.238. The molecule has 2 aromatic carbocycles. The van der Waals surface area contributed by atoms with E-state index >= 15 is 0 Å². The van der Waals surface area contributed by atoms with Gasteiger partial charge in [-0.3, -0.25) is 5.32 Å². The number of aromatic nitrogens is 1. The number of amides is 1. The van der Waals surface area contributed by atoms with Crippen molar-refractivity contribution in [1.82, 2.24) is 4.37 Å². The van der Waals surface area contributed by atoms with Gasteiger partial charge in [0, 0.05) is 17.7 Å². The Hall–Kier alpha value is -2.61. The predicted octanol–water partition coefficient (Wildman–Crippen LogP) is 6.06. The van der Waals surface area contributed by atoms with E-state index in [-0.39, 0.29) is 6.79 Å². The number of ether oxygens (including phenoxy) is 3. The fourth-order valence-corrected chi connectivity index (χ4v) is 3.84. The van der Waals surface area contributed by atoms with Crippen molar-refractivity contribution in [3.05, 3.63) is 64.8 Å². The zero-order chi connectivity index (χ0) is 20.8. The van der Waals surface area contributed by atoms with Gasteiger partial charge in [0.2, 0.25) is 0 Å². The van der Waals surface area contributed by atoms with E-state index in [2.05, 4.69) is 9.69 Å². The number of nitrogens with one attached hydrogen (secondary N) is 1. The molecular weight excluding hydrogens is 412 g/mol. The minimum atomic E-state index is -0.568. The molecule has 29 heavy (non-hydrogen) atoms. The molecule has 8 heteroatoms. The van der Waals surface area contributed by atoms with Crippen LogP contribution in [0.2, 0.25) is 5.02 Å². The van der Waals surface area contributed by atoms with Crippen LogP contribution in [0.25, 0.3) is 10.4 Å². The van der Waals surface area contributed by atoms with Crippen molar-refractivity contribution in [1.29, 1.82) is 0 Å². The number of benzene rings is 2. The van der Waals surface area contributed by atoms with Gasteiger partial charge in [-0.2, -0.15) is 4.37 Å². The summed E-state index contributed by atoms with van der Waals surface area (Å²) in [5.74, 6) is 0.694. The zero-order valence-corrected chi connectivity index (χ0v) is 17.8. The van der Waals surface area contributed by atoms with Gasteiger partial charge in [0.15, 0.2) is 6.79 Å². The lowest BCUT2D eigenvalue weighted by molar-refractivity contribution is 0.0511. The van der Waals surface area contributed by atoms with Crippen LogP contribution >= 0.6 is 23.1 Å². The highest BCUT2D eigenvalue weighted by atomic mass is 35.5. The number of hydrogen-bond acceptors (Lipinski definition) is 6. The van der Waals surface area contributed by atoms with E-state index < -0.39 is 12.2 Å². The normalized spacial score (nSPS) is 11.7. The molecule has 1 heterocycles. The summed E-state index contributed by atoms with van der Waals surface area (Å²) < 4.78 is 20.2. The van der Waals surface area contributed by atoms with E-state index in [0.717, 1.165) is 16.0 Å². The van der Waals surface area contributed by atoms with Crippen LogP contribution in [-0.4, -0.2) is 24.4 Å². The molecule has 0 aliphatic carbocycles. The van der Waals surface area contributed by atoms with Crippen LogP contribution in [0.5, 0.6) is 5.75 Å². The van der Waals surface area contributed by atoms with Gasteiger partial charge >= 0.3 is 6.09 Å². The Morgan fingerprint density at radius 1 is 1.21 bits per heavy atom. The summed E-state index contributed by atoms with van der Waals surface area (Å²) in [5, 5.41) is 3.37. The van der Waals surface area contributed by atoms with Crippen molar-refractivity contribution in [2.45, 2.75) is 20.0 Å². The van der Waals surface area contributed by atoms with Crippen LogP contribution in [-0.2, 0) is 9.47 Å². The number of hydrogen-bond donors (Lipinski definition) is 1. The van der Waals surface area contributed by atoms with Gasteiger partial charge in [0.05, 0.1) is 16.3 Å². The number of halogens is 1. The van der Waals surface area contributed by atoms with E-state index in [0.29, 0.717) is 22.2 Å². The standard InChI is InChI=1S/C21H21ClN2O4S/c1-13-19(23-21(25)28-14(2)17-6-4-5-7-18(17)22)20(29-24-13)15-8-10-16(11-9-15)27-12-26-3/h4-11,14H,12H2,1-3H3,(H,23,25)/t14-/m1/s1. The molecule has 0 saturated carbocycles. The second-order valence-corrected chi connectivity index (χ2v) is 7.42. The molecule has 1 atom stereocenters. The monoisotopic (exact) mass is 432 g/mol. The lowest BCUT2D eigenvalue weighted by Crippen LogP contribution is -2.16. The minimum absolute atomic E-state index is 0.182. The summed E-state index contributed by atoms with van der Waals surface area (Å²) in [6, 6.07) is 14.8. The SMILES string of the molecule is COCOc1ccc(-c2snc(C)c2NC(=O)O[C@H](C)c2ccccc2Cl)cc1. The second-order valence-electron chi connectivity index (χ2n) is 6.24. The number of carbonyl (C=O) groups is 1. The van der Waals surface area contributed by atoms with E-state index in [4.69, 9.17) is 25.8 Å². The largest absolute Gasteiger partial charge is 0.468 e. The van der Waals surface area contributed by atoms with Crippen LogP contribution in [0, 0.1) is 6.92 Å². The van der Waals surface area contributed by atoms with Gasteiger partial charge in [-0.25, -0.2) is 4.79 Å². The number of methoxy groups -OCH3 is 1. The summed E-state index contributed by atoms with van der Waals surface area (Å²) in [5.41, 5.74) is 3.00. The smallest absolute Gasteiger partial charge is 0.412 e. The van der Waals surface area contributed by atoms with Gasteiger partial charge in [-0.1, -0.05) is 29.8 Å². The van der Waals surface area contributed by atoms with Crippen LogP contribution in [0.1, 0.15) is 24.3 Å². The van der Waals surface area contributed by atoms with E-state index in [1.807, 2.05) is 49.4 Å². The molecule has 0 aliphatic rings. The number of anilines is 1. The van der Waals surface area contributed by atoms with Gasteiger partial charge < -0.3 is 14.2 Å². The molecule has 1 aromatic heterocycles. The first kappa shape index (κ1) is 21.1. The summed E-state index contributed by atoms with van der Waals surface area (Å²) in [6.07, 6.45) is -1.06. The minimum Gasteiger partial charge on any atom is -0.468 e. The Balaban J connectivity index is 1.72. The Kier molecular flexibility index (Phi) is 7.09. The third kappa shape index (κ3) is 5.26. The first-order chi connectivity index (χ1) is 14.0. The summed E-state index contributed by atoms with van der Waals surface area (Å²) in [6.45, 7) is 3.80. The van der Waals surface area contributed by atoms with Gasteiger partial charge in [0.1, 0.15) is 11.9 Å². The summed E-state index contributed by atoms with van der Waals surface area (Å²) in [7, 11) is 1.57. The lowest BCUT2D eigenvalue weighted by Gasteiger charge is -2.16. The maximum atomic E-state index is 12.5. The molecule has 0 fully saturated rings. The van der Waals surface area contributed by atoms with E-state index in [1.165, 1.54) is 11.5 Å². The van der Waals surface area contributed by atoms with Crippen molar-refractivity contribution in [3.8, 4) is 16.2 Å². The third-order valence-corrected chi connectivity index (χ3v) is 5.51. The number of nitrogens with zero attached hydrogens (tertiary/aromatic N) is 1. The molecule has 3 rings (SSSR count). The zero-order valence-electron chi connectivity index (χ0n) is 16.3. The van der Waals surface area contributed by atoms with Crippen LogP contribution in [0.15, 0.2) is 48.5 Å². The van der Waals surface area contributed by atoms with Gasteiger partial charge in [-0.15, -0.1) is 0 Å². The van der Waals surface area contributed by atoms with Crippen LogP contribution in [0.4, 0.5) is 10.5 Å². The Labute approximate surface area is 178 Å². The first-order valence-electron chi connectivity index (χ1n) is 8.90. The van der Waals surface area contributed by atoms with Crippen molar-refractivity contribution < 1.29 is 19.0 Å². The summed E-state index contributed by atoms with van der Waals surface area (Å²) >= 11 is 7.49. The molecule has 1 amide bonds. The van der Waals surface area contributed by atoms with Crippen molar-refractivity contribution >= 4 is 34.9 Å². The van der Waals surface area contributed by atoms with Crippen molar-refractivity contribution in [3.63, 3.8) is 0 Å². The van der Waals surface area contributed by atoms with E-state index in [1.54, 1.807) is 20.1 Å². The predicted molar refractivity (Wildman–Crippen MR) is 115 cm³/mol. The fourth-order valence-electron chi connectivity index (χ4n) is 2.70. The summed E-state index contributed by atoms with van der Waals surface area (Å²) in [4.78, 5) is 13.3. The average Bonchev–Trinajstić information content (AvgIpc) is 3.07. The highest BCUT2D eigenvalue weighted by Crippen LogP contribution is 2.36. The second kappa shape index (κ2) is 9.73. The molecule has 0 radical (unpaired) electrons. The number of aryl methyl sites for hydroxylation is 1. The molecule has 0 saturated heterocycles. The molecule has 0 aliphatic heterocycles. The molecule has 0 spiro atoms.